The Hall–Kier alpha value is -3.81. The van der Waals surface area contributed by atoms with E-state index in [1.165, 1.54) is 11.1 Å². The smallest absolute Gasteiger partial charge is 0.267 e. The highest BCUT2D eigenvalue weighted by Gasteiger charge is 2.32. The fourth-order valence-electron chi connectivity index (χ4n) is 3.49. The average Bonchev–Trinajstić information content (AvgIpc) is 2.76. The lowest BCUT2D eigenvalue weighted by atomic mass is 10.0. The van der Waals surface area contributed by atoms with E-state index in [1.807, 2.05) is 24.3 Å². The Kier molecular flexibility index (Phi) is 6.92. The molecule has 0 aliphatic carbocycles. The fourth-order valence-corrected chi connectivity index (χ4v) is 3.49. The largest absolute Gasteiger partial charge is 0.364 e. The molecule has 1 aromatic carbocycles. The number of carbonyl (C=O) groups is 4. The van der Waals surface area contributed by atoms with Gasteiger partial charge >= 0.3 is 0 Å². The van der Waals surface area contributed by atoms with Gasteiger partial charge < -0.3 is 10.6 Å². The van der Waals surface area contributed by atoms with E-state index in [0.717, 1.165) is 11.1 Å². The van der Waals surface area contributed by atoms with Crippen molar-refractivity contribution in [3.05, 3.63) is 71.1 Å². The van der Waals surface area contributed by atoms with Crippen molar-refractivity contribution in [3.8, 4) is 0 Å². The molecule has 1 aliphatic heterocycles. The number of rotatable bonds is 7. The number of allylic oxidation sites excluding steroid dienone is 1. The molecule has 8 nitrogen and oxygen atoms in total. The van der Waals surface area contributed by atoms with Gasteiger partial charge in [0.1, 0.15) is 11.7 Å². The van der Waals surface area contributed by atoms with Gasteiger partial charge in [0.2, 0.25) is 11.8 Å². The van der Waals surface area contributed by atoms with Crippen molar-refractivity contribution in [3.63, 3.8) is 0 Å². The number of aryl methyl sites for hydroxylation is 1. The van der Waals surface area contributed by atoms with E-state index in [2.05, 4.69) is 10.3 Å². The Balaban J connectivity index is 1.63. The number of benzene rings is 1. The summed E-state index contributed by atoms with van der Waals surface area (Å²) in [7, 11) is 1.56. The van der Waals surface area contributed by atoms with Gasteiger partial charge in [0.15, 0.2) is 0 Å². The van der Waals surface area contributed by atoms with Crippen molar-refractivity contribution < 1.29 is 19.2 Å². The van der Waals surface area contributed by atoms with E-state index in [9.17, 15) is 19.2 Å². The maximum absolute atomic E-state index is 12.8. The van der Waals surface area contributed by atoms with Gasteiger partial charge in [-0.25, -0.2) is 0 Å². The second kappa shape index (κ2) is 9.80. The maximum atomic E-state index is 12.8. The van der Waals surface area contributed by atoms with Crippen LogP contribution < -0.4 is 11.1 Å². The summed E-state index contributed by atoms with van der Waals surface area (Å²) < 4.78 is 0. The molecule has 160 valence electrons. The molecule has 0 radical (unpaired) electrons. The summed E-state index contributed by atoms with van der Waals surface area (Å²) in [5.74, 6) is -1.60. The van der Waals surface area contributed by atoms with Crippen molar-refractivity contribution in [1.82, 2.24) is 15.2 Å². The molecule has 1 unspecified atom stereocenters. The molecular formula is C23H24N4O4. The number of amides is 4. The first-order valence-electron chi connectivity index (χ1n) is 9.98. The Morgan fingerprint density at radius 2 is 2.06 bits per heavy atom. The SMILES string of the molecule is CN(C(=O)c1cccc(C=CCCc2cccnc2C(N)=O)c1)C1CCC(=O)NC1=O. The van der Waals surface area contributed by atoms with Crippen LogP contribution in [0.1, 0.15) is 51.2 Å². The van der Waals surface area contributed by atoms with Gasteiger partial charge in [-0.05, 0) is 48.6 Å². The number of carbonyl (C=O) groups excluding carboxylic acids is 4. The van der Waals surface area contributed by atoms with Crippen LogP contribution in [0.15, 0.2) is 48.7 Å². The third kappa shape index (κ3) is 5.42. The van der Waals surface area contributed by atoms with Gasteiger partial charge in [0.25, 0.3) is 11.8 Å². The van der Waals surface area contributed by atoms with Gasteiger partial charge in [0, 0.05) is 25.2 Å². The van der Waals surface area contributed by atoms with Crippen LogP contribution in [0.25, 0.3) is 6.08 Å². The molecular weight excluding hydrogens is 396 g/mol. The van der Waals surface area contributed by atoms with Gasteiger partial charge in [-0.3, -0.25) is 29.5 Å². The highest BCUT2D eigenvalue weighted by Crippen LogP contribution is 2.16. The van der Waals surface area contributed by atoms with Crippen molar-refractivity contribution in [2.75, 3.05) is 7.05 Å². The maximum Gasteiger partial charge on any atom is 0.267 e. The van der Waals surface area contributed by atoms with Gasteiger partial charge in [-0.1, -0.05) is 30.4 Å². The monoisotopic (exact) mass is 420 g/mol. The number of nitrogens with one attached hydrogen (secondary N) is 1. The highest BCUT2D eigenvalue weighted by molar-refractivity contribution is 6.03. The molecule has 2 heterocycles. The lowest BCUT2D eigenvalue weighted by Gasteiger charge is -2.29. The summed E-state index contributed by atoms with van der Waals surface area (Å²) in [5.41, 5.74) is 7.71. The van der Waals surface area contributed by atoms with E-state index < -0.39 is 17.9 Å². The number of aromatic nitrogens is 1. The topological polar surface area (TPSA) is 122 Å². The van der Waals surface area contributed by atoms with E-state index in [1.54, 1.807) is 31.3 Å². The molecule has 3 rings (SSSR count). The standard InChI is InChI=1S/C23H24N4O4/c1-27(18-11-12-19(28)26-22(18)30)23(31)17-9-4-7-15(14-17)6-2-3-8-16-10-5-13-25-20(16)21(24)29/h2,4-7,9-10,13-14,18H,3,8,11-12H2,1H3,(H2,24,29)(H,26,28,30). The van der Waals surface area contributed by atoms with Crippen molar-refractivity contribution in [2.24, 2.45) is 5.73 Å². The van der Waals surface area contributed by atoms with Crippen molar-refractivity contribution >= 4 is 29.7 Å². The first-order valence-corrected chi connectivity index (χ1v) is 9.98. The van der Waals surface area contributed by atoms with Crippen molar-refractivity contribution in [2.45, 2.75) is 31.7 Å². The minimum absolute atomic E-state index is 0.213. The molecule has 0 saturated carbocycles. The molecule has 8 heteroatoms. The van der Waals surface area contributed by atoms with Crippen LogP contribution in [0.3, 0.4) is 0 Å². The predicted molar refractivity (Wildman–Crippen MR) is 115 cm³/mol. The Bertz CT molecular complexity index is 1050. The highest BCUT2D eigenvalue weighted by atomic mass is 16.2. The summed E-state index contributed by atoms with van der Waals surface area (Å²) in [4.78, 5) is 53.0. The van der Waals surface area contributed by atoms with Crippen molar-refractivity contribution in [1.29, 1.82) is 0 Å². The molecule has 31 heavy (non-hydrogen) atoms. The number of pyridine rings is 1. The Labute approximate surface area is 180 Å². The second-order valence-electron chi connectivity index (χ2n) is 7.32. The predicted octanol–water partition coefficient (Wildman–Crippen LogP) is 1.70. The second-order valence-corrected chi connectivity index (χ2v) is 7.32. The number of nitrogens with zero attached hydrogens (tertiary/aromatic N) is 2. The Morgan fingerprint density at radius 3 is 2.81 bits per heavy atom. The molecule has 1 aliphatic rings. The van der Waals surface area contributed by atoms with Crippen LogP contribution in [0.5, 0.6) is 0 Å². The fraction of sp³-hybridized carbons (Fsp3) is 0.261. The van der Waals surface area contributed by atoms with Crippen LogP contribution in [0.2, 0.25) is 0 Å². The zero-order valence-electron chi connectivity index (χ0n) is 17.2. The normalized spacial score (nSPS) is 16.2. The number of imide groups is 1. The summed E-state index contributed by atoms with van der Waals surface area (Å²) in [6.07, 6.45) is 7.18. The molecule has 1 aromatic heterocycles. The lowest BCUT2D eigenvalue weighted by Crippen LogP contribution is -2.52. The summed E-state index contributed by atoms with van der Waals surface area (Å²) in [5, 5.41) is 2.27. The van der Waals surface area contributed by atoms with E-state index >= 15 is 0 Å². The molecule has 0 bridgehead atoms. The minimum Gasteiger partial charge on any atom is -0.364 e. The number of likely N-dealkylation sites (N-methyl/N-ethyl adjacent to an activating group) is 1. The number of hydrogen-bond acceptors (Lipinski definition) is 5. The average molecular weight is 420 g/mol. The van der Waals surface area contributed by atoms with Crippen LogP contribution in [-0.4, -0.2) is 46.6 Å². The summed E-state index contributed by atoms with van der Waals surface area (Å²) in [6.45, 7) is 0. The zero-order valence-corrected chi connectivity index (χ0v) is 17.2. The number of primary amides is 1. The van der Waals surface area contributed by atoms with Crippen LogP contribution in [0.4, 0.5) is 0 Å². The third-order valence-corrected chi connectivity index (χ3v) is 5.15. The van der Waals surface area contributed by atoms with Crippen LogP contribution in [-0.2, 0) is 16.0 Å². The molecule has 1 atom stereocenters. The quantitative estimate of drug-likeness (QED) is 0.660. The molecule has 1 fully saturated rings. The van der Waals surface area contributed by atoms with Crippen LogP contribution >= 0.6 is 0 Å². The summed E-state index contributed by atoms with van der Waals surface area (Å²) in [6, 6.07) is 10.0. The molecule has 0 spiro atoms. The molecule has 4 amide bonds. The molecule has 1 saturated heterocycles. The van der Waals surface area contributed by atoms with Gasteiger partial charge in [-0.15, -0.1) is 0 Å². The Morgan fingerprint density at radius 1 is 1.26 bits per heavy atom. The molecule has 2 aromatic rings. The first kappa shape index (κ1) is 21.9. The van der Waals surface area contributed by atoms with Gasteiger partial charge in [0.05, 0.1) is 0 Å². The first-order chi connectivity index (χ1) is 14.9. The number of hydrogen-bond donors (Lipinski definition) is 2. The number of nitrogens with two attached hydrogens (primary N) is 1. The molecule has 3 N–H and O–H groups in total. The third-order valence-electron chi connectivity index (χ3n) is 5.15. The summed E-state index contributed by atoms with van der Waals surface area (Å²) >= 11 is 0. The van der Waals surface area contributed by atoms with Gasteiger partial charge in [-0.2, -0.15) is 0 Å². The van der Waals surface area contributed by atoms with E-state index in [0.29, 0.717) is 24.8 Å². The zero-order chi connectivity index (χ0) is 22.4. The van der Waals surface area contributed by atoms with E-state index in [-0.39, 0.29) is 23.9 Å². The lowest BCUT2D eigenvalue weighted by molar-refractivity contribution is -0.136. The van der Waals surface area contributed by atoms with Crippen LogP contribution in [0, 0.1) is 0 Å². The minimum atomic E-state index is -0.664. The number of piperidine rings is 1. The van der Waals surface area contributed by atoms with E-state index in [4.69, 9.17) is 5.73 Å².